The van der Waals surface area contributed by atoms with Crippen molar-refractivity contribution in [3.05, 3.63) is 77.1 Å². The summed E-state index contributed by atoms with van der Waals surface area (Å²) in [6, 6.07) is 17.4. The quantitative estimate of drug-likeness (QED) is 0.560. The third kappa shape index (κ3) is 5.00. The molecular formula is C25H28N4O4. The van der Waals surface area contributed by atoms with Crippen LogP contribution in [0, 0.1) is 0 Å². The number of amides is 2. The van der Waals surface area contributed by atoms with Crippen molar-refractivity contribution in [1.29, 1.82) is 0 Å². The van der Waals surface area contributed by atoms with E-state index in [2.05, 4.69) is 10.4 Å². The minimum absolute atomic E-state index is 0.149. The molecule has 0 fully saturated rings. The molecule has 1 N–H and O–H groups in total. The van der Waals surface area contributed by atoms with Crippen molar-refractivity contribution in [3.63, 3.8) is 0 Å². The van der Waals surface area contributed by atoms with Crippen molar-refractivity contribution in [2.75, 3.05) is 26.8 Å². The number of nitrogens with one attached hydrogen (secondary N) is 1. The fourth-order valence-corrected chi connectivity index (χ4v) is 3.96. The molecule has 3 aromatic rings. The van der Waals surface area contributed by atoms with Gasteiger partial charge in [0.1, 0.15) is 5.75 Å². The van der Waals surface area contributed by atoms with Gasteiger partial charge in [0, 0.05) is 25.1 Å². The Morgan fingerprint density at radius 2 is 1.85 bits per heavy atom. The number of esters is 1. The van der Waals surface area contributed by atoms with E-state index in [0.717, 1.165) is 29.1 Å². The molecule has 2 heterocycles. The van der Waals surface area contributed by atoms with Crippen LogP contribution in [0.4, 0.5) is 4.79 Å². The smallest absolute Gasteiger partial charge is 0.359 e. The van der Waals surface area contributed by atoms with Crippen molar-refractivity contribution in [2.24, 2.45) is 0 Å². The number of methoxy groups -OCH3 is 1. The Bertz CT molecular complexity index is 1110. The van der Waals surface area contributed by atoms with Gasteiger partial charge in [0.15, 0.2) is 5.69 Å². The van der Waals surface area contributed by atoms with Gasteiger partial charge >= 0.3 is 12.0 Å². The number of rotatable bonds is 7. The summed E-state index contributed by atoms with van der Waals surface area (Å²) in [5.74, 6) is 0.260. The zero-order valence-corrected chi connectivity index (χ0v) is 18.9. The first-order valence-corrected chi connectivity index (χ1v) is 11.1. The van der Waals surface area contributed by atoms with Crippen LogP contribution in [0.15, 0.2) is 54.6 Å². The first-order chi connectivity index (χ1) is 16.1. The fraction of sp³-hybridized carbons (Fsp3) is 0.320. The minimum atomic E-state index is -0.479. The van der Waals surface area contributed by atoms with Crippen molar-refractivity contribution >= 4 is 12.0 Å². The second-order valence-corrected chi connectivity index (χ2v) is 7.74. The highest BCUT2D eigenvalue weighted by atomic mass is 16.5. The summed E-state index contributed by atoms with van der Waals surface area (Å²) in [6.07, 6.45) is 1.34. The van der Waals surface area contributed by atoms with Gasteiger partial charge in [0.2, 0.25) is 0 Å². The number of nitrogens with zero attached hydrogens (tertiary/aromatic N) is 3. The summed E-state index contributed by atoms with van der Waals surface area (Å²) in [5.41, 5.74) is 3.89. The summed E-state index contributed by atoms with van der Waals surface area (Å²) in [5, 5.41) is 7.56. The van der Waals surface area contributed by atoms with E-state index in [-0.39, 0.29) is 18.3 Å². The highest BCUT2D eigenvalue weighted by Gasteiger charge is 2.31. The number of ether oxygens (including phenoxy) is 2. The number of benzene rings is 2. The highest BCUT2D eigenvalue weighted by molar-refractivity contribution is 5.89. The maximum atomic E-state index is 12.8. The molecule has 0 atom stereocenters. The van der Waals surface area contributed by atoms with Crippen LogP contribution in [0.2, 0.25) is 0 Å². The van der Waals surface area contributed by atoms with E-state index in [1.165, 1.54) is 5.56 Å². The Morgan fingerprint density at radius 1 is 1.09 bits per heavy atom. The SMILES string of the molecule is CCOC(=O)c1nn(-c2ccc(OC)cc2)c2c1CN(C(=O)NCCc1ccccc1)CC2. The Kier molecular flexibility index (Phi) is 6.92. The van der Waals surface area contributed by atoms with Gasteiger partial charge in [-0.05, 0) is 43.2 Å². The molecule has 2 aromatic carbocycles. The number of carbonyl (C=O) groups excluding carboxylic acids is 2. The van der Waals surface area contributed by atoms with Crippen molar-refractivity contribution in [3.8, 4) is 11.4 Å². The lowest BCUT2D eigenvalue weighted by molar-refractivity contribution is 0.0516. The number of urea groups is 1. The summed E-state index contributed by atoms with van der Waals surface area (Å²) in [7, 11) is 1.61. The average molecular weight is 449 g/mol. The van der Waals surface area contributed by atoms with Crippen LogP contribution < -0.4 is 10.1 Å². The number of fused-ring (bicyclic) bond motifs is 1. The molecule has 0 bridgehead atoms. The van der Waals surface area contributed by atoms with Crippen LogP contribution in [0.1, 0.15) is 34.2 Å². The molecule has 0 saturated carbocycles. The topological polar surface area (TPSA) is 85.7 Å². The molecule has 8 heteroatoms. The van der Waals surface area contributed by atoms with Gasteiger partial charge in [-0.3, -0.25) is 0 Å². The standard InChI is InChI=1S/C25H28N4O4/c1-3-33-24(30)23-21-17-28(25(31)26-15-13-18-7-5-4-6-8-18)16-14-22(21)29(27-23)19-9-11-20(32-2)12-10-19/h4-12H,3,13-17H2,1-2H3,(H,26,31). The molecule has 4 rings (SSSR count). The van der Waals surface area contributed by atoms with E-state index in [1.807, 2.05) is 54.6 Å². The Morgan fingerprint density at radius 3 is 2.55 bits per heavy atom. The largest absolute Gasteiger partial charge is 0.497 e. The number of carbonyl (C=O) groups is 2. The zero-order valence-electron chi connectivity index (χ0n) is 18.9. The third-order valence-corrected chi connectivity index (χ3v) is 5.66. The van der Waals surface area contributed by atoms with Gasteiger partial charge in [0.05, 0.1) is 31.6 Å². The lowest BCUT2D eigenvalue weighted by Gasteiger charge is -2.28. The Hall–Kier alpha value is -3.81. The number of aromatic nitrogens is 2. The van der Waals surface area contributed by atoms with E-state index < -0.39 is 5.97 Å². The average Bonchev–Trinajstić information content (AvgIpc) is 3.24. The summed E-state index contributed by atoms with van der Waals surface area (Å²) in [6.45, 7) is 3.40. The van der Waals surface area contributed by atoms with E-state index in [9.17, 15) is 9.59 Å². The lowest BCUT2D eigenvalue weighted by Crippen LogP contribution is -2.43. The summed E-state index contributed by atoms with van der Waals surface area (Å²) in [4.78, 5) is 27.2. The predicted octanol–water partition coefficient (Wildman–Crippen LogP) is 3.37. The maximum Gasteiger partial charge on any atom is 0.359 e. The fourth-order valence-electron chi connectivity index (χ4n) is 3.96. The van der Waals surface area contributed by atoms with E-state index in [4.69, 9.17) is 9.47 Å². The van der Waals surface area contributed by atoms with Gasteiger partial charge in [-0.25, -0.2) is 14.3 Å². The van der Waals surface area contributed by atoms with Crippen LogP contribution in [0.25, 0.3) is 5.69 Å². The van der Waals surface area contributed by atoms with E-state index >= 15 is 0 Å². The van der Waals surface area contributed by atoms with E-state index in [1.54, 1.807) is 23.6 Å². The van der Waals surface area contributed by atoms with Crippen LogP contribution in [-0.2, 0) is 24.1 Å². The normalized spacial score (nSPS) is 12.7. The molecule has 1 aromatic heterocycles. The molecule has 0 spiro atoms. The first-order valence-electron chi connectivity index (χ1n) is 11.1. The number of hydrogen-bond acceptors (Lipinski definition) is 5. The van der Waals surface area contributed by atoms with Gasteiger partial charge in [-0.2, -0.15) is 5.10 Å². The maximum absolute atomic E-state index is 12.8. The molecule has 0 unspecified atom stereocenters. The van der Waals surface area contributed by atoms with Crippen molar-refractivity contribution in [1.82, 2.24) is 20.0 Å². The molecule has 0 saturated heterocycles. The van der Waals surface area contributed by atoms with E-state index in [0.29, 0.717) is 26.1 Å². The molecule has 1 aliphatic rings. The van der Waals surface area contributed by atoms with Gasteiger partial charge in [-0.1, -0.05) is 30.3 Å². The third-order valence-electron chi connectivity index (χ3n) is 5.66. The second-order valence-electron chi connectivity index (χ2n) is 7.74. The lowest BCUT2D eigenvalue weighted by atomic mass is 10.0. The molecule has 8 nitrogen and oxygen atoms in total. The first kappa shape index (κ1) is 22.4. The molecule has 2 amide bonds. The van der Waals surface area contributed by atoms with Gasteiger partial charge < -0.3 is 19.7 Å². The molecule has 172 valence electrons. The summed E-state index contributed by atoms with van der Waals surface area (Å²) < 4.78 is 12.2. The van der Waals surface area contributed by atoms with Gasteiger partial charge in [0.25, 0.3) is 0 Å². The second kappa shape index (κ2) is 10.2. The Labute approximate surface area is 193 Å². The van der Waals surface area contributed by atoms with Crippen molar-refractivity contribution in [2.45, 2.75) is 26.3 Å². The van der Waals surface area contributed by atoms with Crippen LogP contribution >= 0.6 is 0 Å². The molecule has 0 radical (unpaired) electrons. The molecule has 0 aliphatic carbocycles. The van der Waals surface area contributed by atoms with Crippen LogP contribution in [-0.4, -0.2) is 53.5 Å². The van der Waals surface area contributed by atoms with Gasteiger partial charge in [-0.15, -0.1) is 0 Å². The molecular weight excluding hydrogens is 420 g/mol. The van der Waals surface area contributed by atoms with Crippen molar-refractivity contribution < 1.29 is 19.1 Å². The van der Waals surface area contributed by atoms with Crippen LogP contribution in [0.3, 0.4) is 0 Å². The monoisotopic (exact) mass is 448 g/mol. The summed E-state index contributed by atoms with van der Waals surface area (Å²) >= 11 is 0. The highest BCUT2D eigenvalue weighted by Crippen LogP contribution is 2.27. The predicted molar refractivity (Wildman–Crippen MR) is 124 cm³/mol. The number of hydrogen-bond donors (Lipinski definition) is 1. The zero-order chi connectivity index (χ0) is 23.2. The minimum Gasteiger partial charge on any atom is -0.497 e. The Balaban J connectivity index is 1.52. The van der Waals surface area contributed by atoms with Crippen LogP contribution in [0.5, 0.6) is 5.75 Å². The molecule has 33 heavy (non-hydrogen) atoms. The molecule has 1 aliphatic heterocycles.